The molecule has 152 valence electrons. The summed E-state index contributed by atoms with van der Waals surface area (Å²) in [6, 6.07) is 5.80. The molecule has 3 aliphatic heterocycles. The van der Waals surface area contributed by atoms with Crippen LogP contribution in [0.25, 0.3) is 0 Å². The number of rotatable bonds is 5. The van der Waals surface area contributed by atoms with Gasteiger partial charge in [0, 0.05) is 49.6 Å². The zero-order chi connectivity index (χ0) is 19.9. The van der Waals surface area contributed by atoms with Crippen LogP contribution in [0.3, 0.4) is 0 Å². The van der Waals surface area contributed by atoms with Gasteiger partial charge in [-0.1, -0.05) is 4.58 Å². The van der Waals surface area contributed by atoms with Gasteiger partial charge in [-0.2, -0.15) is 5.01 Å². The topological polar surface area (TPSA) is 88.5 Å². The van der Waals surface area contributed by atoms with Crippen molar-refractivity contribution >= 4 is 23.5 Å². The van der Waals surface area contributed by atoms with Crippen LogP contribution in [0.5, 0.6) is 5.75 Å². The SMILES string of the molecule is CC(C)(CO)C(=O)N1CC2=C(C1)CN(N(O)Sc1ccc3c(c1)NCCO3)C2. The number of nitrogens with one attached hydrogen (secondary N) is 1. The molecule has 0 saturated heterocycles. The summed E-state index contributed by atoms with van der Waals surface area (Å²) in [5, 5.41) is 25.1. The molecule has 1 aromatic rings. The number of hydrogen-bond donors (Lipinski definition) is 3. The Morgan fingerprint density at radius 1 is 1.29 bits per heavy atom. The molecule has 0 aromatic heterocycles. The van der Waals surface area contributed by atoms with Crippen molar-refractivity contribution in [2.45, 2.75) is 18.7 Å². The molecule has 4 rings (SSSR count). The number of hydrogen-bond acceptors (Lipinski definition) is 8. The second-order valence-electron chi connectivity index (χ2n) is 8.01. The highest BCUT2D eigenvalue weighted by Gasteiger charge is 2.39. The number of fused-ring (bicyclic) bond motifs is 1. The summed E-state index contributed by atoms with van der Waals surface area (Å²) in [4.78, 5) is 15.3. The van der Waals surface area contributed by atoms with Gasteiger partial charge in [-0.25, -0.2) is 0 Å². The lowest BCUT2D eigenvalue weighted by Crippen LogP contribution is -2.44. The molecular weight excluding hydrogens is 380 g/mol. The maximum Gasteiger partial charge on any atom is 0.231 e. The van der Waals surface area contributed by atoms with Gasteiger partial charge in [-0.05, 0) is 43.2 Å². The van der Waals surface area contributed by atoms with Crippen molar-refractivity contribution in [3.63, 3.8) is 0 Å². The summed E-state index contributed by atoms with van der Waals surface area (Å²) in [7, 11) is 0. The molecule has 0 radical (unpaired) electrons. The van der Waals surface area contributed by atoms with Crippen molar-refractivity contribution in [2.75, 3.05) is 51.3 Å². The third-order valence-corrected chi connectivity index (χ3v) is 6.19. The number of anilines is 1. The zero-order valence-corrected chi connectivity index (χ0v) is 17.0. The molecule has 8 nitrogen and oxygen atoms in total. The third kappa shape index (κ3) is 3.72. The minimum Gasteiger partial charge on any atom is -0.490 e. The molecule has 28 heavy (non-hydrogen) atoms. The molecule has 0 aliphatic carbocycles. The third-order valence-electron chi connectivity index (χ3n) is 5.33. The van der Waals surface area contributed by atoms with Gasteiger partial charge in [0.15, 0.2) is 0 Å². The maximum absolute atomic E-state index is 12.5. The summed E-state index contributed by atoms with van der Waals surface area (Å²) >= 11 is 1.25. The van der Waals surface area contributed by atoms with Crippen LogP contribution < -0.4 is 10.1 Å². The van der Waals surface area contributed by atoms with E-state index >= 15 is 0 Å². The predicted molar refractivity (Wildman–Crippen MR) is 106 cm³/mol. The van der Waals surface area contributed by atoms with Gasteiger partial charge in [-0.3, -0.25) is 10.0 Å². The Bertz CT molecular complexity index is 795. The fourth-order valence-corrected chi connectivity index (χ4v) is 4.37. The molecule has 9 heteroatoms. The normalized spacial score (nSPS) is 19.5. The summed E-state index contributed by atoms with van der Waals surface area (Å²) in [5.41, 5.74) is 2.51. The lowest BCUT2D eigenvalue weighted by molar-refractivity contribution is -0.147. The van der Waals surface area contributed by atoms with Crippen LogP contribution in [0.1, 0.15) is 13.8 Å². The molecule has 1 amide bonds. The molecule has 3 heterocycles. The summed E-state index contributed by atoms with van der Waals surface area (Å²) in [6.07, 6.45) is 0. The van der Waals surface area contributed by atoms with Gasteiger partial charge in [0.05, 0.1) is 17.7 Å². The highest BCUT2D eigenvalue weighted by Crippen LogP contribution is 2.35. The Balaban J connectivity index is 1.33. The van der Waals surface area contributed by atoms with Crippen LogP contribution in [0.4, 0.5) is 5.69 Å². The number of hydrazine groups is 1. The zero-order valence-electron chi connectivity index (χ0n) is 16.1. The molecule has 0 saturated carbocycles. The first kappa shape index (κ1) is 19.5. The second-order valence-corrected chi connectivity index (χ2v) is 8.99. The Morgan fingerprint density at radius 2 is 2.00 bits per heavy atom. The standard InChI is InChI=1S/C19H26N4O4S/c1-19(2,12-24)18(25)21-8-13-10-22(11-14(13)9-21)23(26)28-15-3-4-17-16(7-15)20-5-6-27-17/h3-4,7,20,24,26H,5-6,8-12H2,1-2H3. The largest absolute Gasteiger partial charge is 0.490 e. The van der Waals surface area contributed by atoms with Crippen LogP contribution in [-0.2, 0) is 4.79 Å². The lowest BCUT2D eigenvalue weighted by Gasteiger charge is -2.30. The minimum absolute atomic E-state index is 0.0324. The Kier molecular flexibility index (Phi) is 5.28. The number of aliphatic hydroxyl groups excluding tert-OH is 1. The smallest absolute Gasteiger partial charge is 0.231 e. The van der Waals surface area contributed by atoms with Crippen LogP contribution >= 0.6 is 11.9 Å². The first-order chi connectivity index (χ1) is 13.4. The van der Waals surface area contributed by atoms with Crippen molar-refractivity contribution in [3.05, 3.63) is 29.3 Å². The van der Waals surface area contributed by atoms with Crippen LogP contribution in [0.15, 0.2) is 34.2 Å². The van der Waals surface area contributed by atoms with E-state index in [0.717, 1.165) is 22.9 Å². The molecule has 1 aromatic carbocycles. The van der Waals surface area contributed by atoms with Gasteiger partial charge >= 0.3 is 0 Å². The minimum atomic E-state index is -0.761. The van der Waals surface area contributed by atoms with Crippen LogP contribution in [0.2, 0.25) is 0 Å². The summed E-state index contributed by atoms with van der Waals surface area (Å²) < 4.78 is 6.76. The quantitative estimate of drug-likeness (QED) is 0.386. The van der Waals surface area contributed by atoms with E-state index < -0.39 is 5.41 Å². The van der Waals surface area contributed by atoms with Crippen molar-refractivity contribution in [1.82, 2.24) is 14.5 Å². The molecule has 0 fully saturated rings. The molecule has 0 atom stereocenters. The van der Waals surface area contributed by atoms with E-state index in [4.69, 9.17) is 4.74 Å². The molecule has 0 bridgehead atoms. The van der Waals surface area contributed by atoms with Crippen LogP contribution in [0, 0.1) is 5.41 Å². The molecular formula is C19H26N4O4S. The Morgan fingerprint density at radius 3 is 2.68 bits per heavy atom. The van der Waals surface area contributed by atoms with E-state index in [9.17, 15) is 15.1 Å². The number of amides is 1. The highest BCUT2D eigenvalue weighted by atomic mass is 32.2. The average Bonchev–Trinajstić information content (AvgIpc) is 3.26. The summed E-state index contributed by atoms with van der Waals surface area (Å²) in [6.45, 7) is 7.09. The maximum atomic E-state index is 12.5. The van der Waals surface area contributed by atoms with Crippen molar-refractivity contribution in [3.8, 4) is 5.75 Å². The fraction of sp³-hybridized carbons (Fsp3) is 0.526. The van der Waals surface area contributed by atoms with Gasteiger partial charge in [0.25, 0.3) is 0 Å². The van der Waals surface area contributed by atoms with Gasteiger partial charge in [0.2, 0.25) is 5.91 Å². The molecule has 3 N–H and O–H groups in total. The number of carbonyl (C=O) groups is 1. The average molecular weight is 407 g/mol. The molecule has 0 spiro atoms. The van der Waals surface area contributed by atoms with Crippen molar-refractivity contribution in [2.24, 2.45) is 5.41 Å². The number of carbonyl (C=O) groups excluding carboxylic acids is 1. The molecule has 0 unspecified atom stereocenters. The second kappa shape index (κ2) is 7.57. The van der Waals surface area contributed by atoms with E-state index in [1.165, 1.54) is 27.7 Å². The van der Waals surface area contributed by atoms with E-state index in [1.54, 1.807) is 18.7 Å². The van der Waals surface area contributed by atoms with E-state index in [1.807, 2.05) is 23.2 Å². The van der Waals surface area contributed by atoms with Crippen molar-refractivity contribution < 1.29 is 19.8 Å². The Hall–Kier alpha value is -1.78. The summed E-state index contributed by atoms with van der Waals surface area (Å²) in [5.74, 6) is 0.799. The van der Waals surface area contributed by atoms with Crippen LogP contribution in [-0.4, -0.2) is 76.6 Å². The van der Waals surface area contributed by atoms with Gasteiger partial charge in [-0.15, -0.1) is 0 Å². The van der Waals surface area contributed by atoms with E-state index in [2.05, 4.69) is 5.32 Å². The highest BCUT2D eigenvalue weighted by molar-refractivity contribution is 7.96. The monoisotopic (exact) mass is 406 g/mol. The first-order valence-corrected chi connectivity index (χ1v) is 10.2. The van der Waals surface area contributed by atoms with Gasteiger partial charge < -0.3 is 20.1 Å². The number of ether oxygens (including phenoxy) is 1. The van der Waals surface area contributed by atoms with E-state index in [-0.39, 0.29) is 12.5 Å². The number of nitrogens with zero attached hydrogens (tertiary/aromatic N) is 3. The number of aliphatic hydroxyl groups is 1. The molecule has 3 aliphatic rings. The van der Waals surface area contributed by atoms with Gasteiger partial charge in [0.1, 0.15) is 12.4 Å². The first-order valence-electron chi connectivity index (χ1n) is 9.40. The van der Waals surface area contributed by atoms with E-state index in [0.29, 0.717) is 32.8 Å². The van der Waals surface area contributed by atoms with Crippen molar-refractivity contribution in [1.29, 1.82) is 0 Å². The fourth-order valence-electron chi connectivity index (χ4n) is 3.65. The predicted octanol–water partition coefficient (Wildman–Crippen LogP) is 1.58. The number of benzene rings is 1. The lowest BCUT2D eigenvalue weighted by atomic mass is 9.93. The Labute approximate surface area is 168 Å².